The predicted octanol–water partition coefficient (Wildman–Crippen LogP) is 2.96. The first kappa shape index (κ1) is 6.68. The first-order chi connectivity index (χ1) is 6.72. The van der Waals surface area contributed by atoms with Crippen molar-refractivity contribution in [2.45, 2.75) is 0 Å². The van der Waals surface area contributed by atoms with E-state index in [4.69, 9.17) is 7.79 Å². The Morgan fingerprint density at radius 1 is 1.31 bits per heavy atom. The number of rotatable bonds is 0. The quantitative estimate of drug-likeness (QED) is 0.534. The van der Waals surface area contributed by atoms with Crippen molar-refractivity contribution in [3.8, 4) is 12.3 Å². The largest absolute Gasteiger partial charge is 0.206 e. The summed E-state index contributed by atoms with van der Waals surface area (Å²) in [5.41, 5.74) is 0.266. The molecule has 0 bridgehead atoms. The summed E-state index contributed by atoms with van der Waals surface area (Å²) >= 11 is 0. The van der Waals surface area contributed by atoms with Gasteiger partial charge in [0, 0.05) is 5.39 Å². The van der Waals surface area contributed by atoms with E-state index in [1.807, 2.05) is 0 Å². The Balaban J connectivity index is 2.90. The average molecular weight is 171 g/mol. The Kier molecular flexibility index (Phi) is 1.50. The van der Waals surface area contributed by atoms with Gasteiger partial charge in [-0.3, -0.25) is 0 Å². The summed E-state index contributed by atoms with van der Waals surface area (Å²) in [4.78, 5) is 0. The lowest BCUT2D eigenvalue weighted by Gasteiger charge is -2.00. The maximum absolute atomic E-state index is 13.2. The lowest BCUT2D eigenvalue weighted by molar-refractivity contribution is 0.626. The molecular weight excluding hydrogens is 163 g/mol. The van der Waals surface area contributed by atoms with Crippen LogP contribution in [0.1, 0.15) is 6.93 Å². The summed E-state index contributed by atoms with van der Waals surface area (Å²) < 4.78 is 20.6. The molecule has 0 aliphatic heterocycles. The summed E-state index contributed by atoms with van der Waals surface area (Å²) in [6.45, 7) is 0. The van der Waals surface area contributed by atoms with Gasteiger partial charge in [-0.15, -0.1) is 6.42 Å². The van der Waals surface area contributed by atoms with Crippen molar-refractivity contribution in [2.24, 2.45) is 0 Å². The van der Waals surface area contributed by atoms with Gasteiger partial charge in [0.1, 0.15) is 5.82 Å². The average Bonchev–Trinajstić information content (AvgIpc) is 2.18. The van der Waals surface area contributed by atoms with Crippen LogP contribution in [0.3, 0.4) is 0 Å². The molecule has 0 aliphatic carbocycles. The van der Waals surface area contributed by atoms with Crippen LogP contribution in [-0.2, 0) is 0 Å². The van der Waals surface area contributed by atoms with Crippen LogP contribution < -0.4 is 0 Å². The predicted molar refractivity (Wildman–Crippen MR) is 51.8 cm³/mol. The SMILES string of the molecule is [2H]c1ccc2c(C#C)c(F)ccc2c1. The van der Waals surface area contributed by atoms with E-state index in [0.29, 0.717) is 11.4 Å². The fourth-order valence-corrected chi connectivity index (χ4v) is 1.33. The van der Waals surface area contributed by atoms with Gasteiger partial charge in [0.2, 0.25) is 0 Å². The van der Waals surface area contributed by atoms with E-state index in [-0.39, 0.29) is 5.56 Å². The molecule has 0 saturated heterocycles. The molecule has 0 atom stereocenters. The molecule has 0 nitrogen and oxygen atoms in total. The zero-order chi connectivity index (χ0) is 10.1. The minimum atomic E-state index is -0.391. The van der Waals surface area contributed by atoms with Crippen LogP contribution in [0.2, 0.25) is 0 Å². The highest BCUT2D eigenvalue weighted by atomic mass is 19.1. The molecule has 0 unspecified atom stereocenters. The minimum Gasteiger partial charge on any atom is -0.206 e. The number of benzene rings is 2. The van der Waals surface area contributed by atoms with Crippen molar-refractivity contribution in [3.63, 3.8) is 0 Å². The molecule has 0 amide bonds. The highest BCUT2D eigenvalue weighted by molar-refractivity contribution is 5.88. The molecule has 2 aromatic carbocycles. The van der Waals surface area contributed by atoms with Gasteiger partial charge >= 0.3 is 0 Å². The lowest BCUT2D eigenvalue weighted by atomic mass is 10.0. The van der Waals surface area contributed by atoms with Crippen LogP contribution in [-0.4, -0.2) is 0 Å². The fourth-order valence-electron chi connectivity index (χ4n) is 1.33. The Morgan fingerprint density at radius 2 is 2.15 bits per heavy atom. The molecule has 0 aromatic heterocycles. The molecule has 62 valence electrons. The van der Waals surface area contributed by atoms with E-state index in [0.717, 1.165) is 5.39 Å². The van der Waals surface area contributed by atoms with E-state index >= 15 is 0 Å². The maximum Gasteiger partial charge on any atom is 0.139 e. The summed E-state index contributed by atoms with van der Waals surface area (Å²) in [6, 6.07) is 8.29. The second kappa shape index (κ2) is 2.91. The van der Waals surface area contributed by atoms with Crippen molar-refractivity contribution in [1.82, 2.24) is 0 Å². The van der Waals surface area contributed by atoms with Crippen LogP contribution in [0, 0.1) is 18.2 Å². The molecule has 0 fully saturated rings. The number of fused-ring (bicyclic) bond motifs is 1. The van der Waals surface area contributed by atoms with Crippen molar-refractivity contribution < 1.29 is 5.76 Å². The second-order valence-corrected chi connectivity index (χ2v) is 2.71. The number of hydrogen-bond acceptors (Lipinski definition) is 0. The van der Waals surface area contributed by atoms with Crippen LogP contribution in [0.15, 0.2) is 36.4 Å². The van der Waals surface area contributed by atoms with E-state index < -0.39 is 5.82 Å². The van der Waals surface area contributed by atoms with Gasteiger partial charge < -0.3 is 0 Å². The van der Waals surface area contributed by atoms with Crippen molar-refractivity contribution >= 4 is 10.8 Å². The van der Waals surface area contributed by atoms with Gasteiger partial charge in [0.15, 0.2) is 0 Å². The monoisotopic (exact) mass is 171 g/mol. The molecule has 0 heterocycles. The summed E-state index contributed by atoms with van der Waals surface area (Å²) in [5.74, 6) is 1.93. The third-order valence-electron chi connectivity index (χ3n) is 1.96. The Hall–Kier alpha value is -1.81. The van der Waals surface area contributed by atoms with Gasteiger partial charge in [-0.1, -0.05) is 36.2 Å². The van der Waals surface area contributed by atoms with Crippen LogP contribution in [0.4, 0.5) is 4.39 Å². The molecule has 2 rings (SSSR count). The van der Waals surface area contributed by atoms with E-state index in [1.165, 1.54) is 6.07 Å². The van der Waals surface area contributed by atoms with Crippen LogP contribution in [0.25, 0.3) is 10.8 Å². The highest BCUT2D eigenvalue weighted by Crippen LogP contribution is 2.20. The second-order valence-electron chi connectivity index (χ2n) is 2.71. The molecule has 0 aliphatic rings. The molecular formula is C12H7F. The summed E-state index contributed by atoms with van der Waals surface area (Å²) in [7, 11) is 0. The van der Waals surface area contributed by atoms with Crippen LogP contribution in [0.5, 0.6) is 0 Å². The van der Waals surface area contributed by atoms with E-state index in [1.54, 1.807) is 24.3 Å². The van der Waals surface area contributed by atoms with Crippen molar-refractivity contribution in [2.75, 3.05) is 0 Å². The number of hydrogen-bond donors (Lipinski definition) is 0. The Morgan fingerprint density at radius 3 is 2.92 bits per heavy atom. The van der Waals surface area contributed by atoms with E-state index in [9.17, 15) is 4.39 Å². The van der Waals surface area contributed by atoms with E-state index in [2.05, 4.69) is 5.92 Å². The number of halogens is 1. The number of terminal acetylenes is 1. The summed E-state index contributed by atoms with van der Waals surface area (Å²) in [5, 5.41) is 1.48. The third-order valence-corrected chi connectivity index (χ3v) is 1.96. The molecule has 0 radical (unpaired) electrons. The standard InChI is InChI=1S/C12H7F/c1-2-10-11-6-4-3-5-9(11)7-8-12(10)13/h1,3-8H/i3D. The lowest BCUT2D eigenvalue weighted by Crippen LogP contribution is -1.85. The fraction of sp³-hybridized carbons (Fsp3) is 0. The normalized spacial score (nSPS) is 10.9. The first-order valence-corrected chi connectivity index (χ1v) is 3.88. The molecule has 0 spiro atoms. The Bertz CT molecular complexity index is 538. The first-order valence-electron chi connectivity index (χ1n) is 4.38. The highest BCUT2D eigenvalue weighted by Gasteiger charge is 2.03. The van der Waals surface area contributed by atoms with Crippen LogP contribution >= 0.6 is 0 Å². The molecule has 0 N–H and O–H groups in total. The van der Waals surface area contributed by atoms with Gasteiger partial charge in [-0.25, -0.2) is 4.39 Å². The smallest absolute Gasteiger partial charge is 0.139 e. The van der Waals surface area contributed by atoms with Gasteiger partial charge in [-0.05, 0) is 11.5 Å². The molecule has 13 heavy (non-hydrogen) atoms. The summed E-state index contributed by atoms with van der Waals surface area (Å²) in [6.07, 6.45) is 5.22. The van der Waals surface area contributed by atoms with Crippen molar-refractivity contribution in [1.29, 1.82) is 0 Å². The zero-order valence-corrected chi connectivity index (χ0v) is 6.84. The topological polar surface area (TPSA) is 0 Å². The van der Waals surface area contributed by atoms with Gasteiger partial charge in [0.25, 0.3) is 0 Å². The van der Waals surface area contributed by atoms with Gasteiger partial charge in [0.05, 0.1) is 6.93 Å². The molecule has 2 aromatic rings. The maximum atomic E-state index is 13.2. The van der Waals surface area contributed by atoms with Gasteiger partial charge in [-0.2, -0.15) is 0 Å². The third kappa shape index (κ3) is 1.17. The molecule has 1 heteroatoms. The molecule has 0 saturated carbocycles. The zero-order valence-electron chi connectivity index (χ0n) is 7.84. The van der Waals surface area contributed by atoms with Crippen molar-refractivity contribution in [3.05, 3.63) is 47.8 Å². The Labute approximate surface area is 77.4 Å². The minimum absolute atomic E-state index is 0.266.